The Kier molecular flexibility index (Phi) is 4.83. The van der Waals surface area contributed by atoms with Crippen LogP contribution in [0.2, 0.25) is 0 Å². The van der Waals surface area contributed by atoms with Crippen LogP contribution < -0.4 is 0 Å². The van der Waals surface area contributed by atoms with Crippen molar-refractivity contribution in [1.82, 2.24) is 4.90 Å². The lowest BCUT2D eigenvalue weighted by Gasteiger charge is -2.55. The summed E-state index contributed by atoms with van der Waals surface area (Å²) < 4.78 is 0. The van der Waals surface area contributed by atoms with Gasteiger partial charge in [-0.2, -0.15) is 0 Å². The van der Waals surface area contributed by atoms with Crippen LogP contribution in [0.25, 0.3) is 0 Å². The number of nitrogens with zero attached hydrogens (tertiary/aromatic N) is 1. The van der Waals surface area contributed by atoms with Gasteiger partial charge in [0.15, 0.2) is 0 Å². The summed E-state index contributed by atoms with van der Waals surface area (Å²) in [6, 6.07) is 6.79. The molecule has 138 valence electrons. The number of fused-ring (bicyclic) bond motifs is 4. The first-order valence-electron chi connectivity index (χ1n) is 10.6. The summed E-state index contributed by atoms with van der Waals surface area (Å²) in [5, 5.41) is 9.99. The van der Waals surface area contributed by atoms with E-state index in [1.807, 2.05) is 12.1 Å². The molecule has 3 atom stereocenters. The van der Waals surface area contributed by atoms with Crippen LogP contribution in [-0.4, -0.2) is 29.1 Å². The molecule has 2 bridgehead atoms. The van der Waals surface area contributed by atoms with Gasteiger partial charge in [-0.05, 0) is 72.7 Å². The minimum absolute atomic E-state index is 0.231. The molecule has 2 nitrogen and oxygen atoms in total. The molecule has 0 aromatic heterocycles. The van der Waals surface area contributed by atoms with Gasteiger partial charge in [0.1, 0.15) is 5.75 Å². The molecule has 1 unspecified atom stereocenters. The lowest BCUT2D eigenvalue weighted by Crippen LogP contribution is -2.58. The first kappa shape index (κ1) is 17.4. The zero-order chi connectivity index (χ0) is 17.4. The van der Waals surface area contributed by atoms with E-state index in [1.165, 1.54) is 82.0 Å². The number of piperidine rings is 1. The van der Waals surface area contributed by atoms with Crippen molar-refractivity contribution < 1.29 is 5.11 Å². The van der Waals surface area contributed by atoms with Gasteiger partial charge in [-0.3, -0.25) is 4.90 Å². The van der Waals surface area contributed by atoms with Gasteiger partial charge in [0.25, 0.3) is 0 Å². The molecule has 1 saturated carbocycles. The lowest BCUT2D eigenvalue weighted by atomic mass is 9.59. The highest BCUT2D eigenvalue weighted by atomic mass is 16.3. The monoisotopic (exact) mass is 341 g/mol. The van der Waals surface area contributed by atoms with Gasteiger partial charge >= 0.3 is 0 Å². The van der Waals surface area contributed by atoms with Crippen LogP contribution in [0.3, 0.4) is 0 Å². The Morgan fingerprint density at radius 3 is 2.60 bits per heavy atom. The van der Waals surface area contributed by atoms with E-state index in [0.29, 0.717) is 17.7 Å². The number of hydrogen-bond acceptors (Lipinski definition) is 2. The van der Waals surface area contributed by atoms with Crippen molar-refractivity contribution >= 4 is 0 Å². The number of phenolic OH excluding ortho intramolecular Hbond substituents is 1. The molecule has 1 saturated heterocycles. The summed E-state index contributed by atoms with van der Waals surface area (Å²) in [7, 11) is 0. The van der Waals surface area contributed by atoms with Crippen LogP contribution >= 0.6 is 0 Å². The average molecular weight is 342 g/mol. The molecule has 0 amide bonds. The maximum absolute atomic E-state index is 9.99. The molecule has 1 aromatic carbocycles. The van der Waals surface area contributed by atoms with E-state index in [0.717, 1.165) is 5.92 Å². The third kappa shape index (κ3) is 3.23. The van der Waals surface area contributed by atoms with E-state index in [-0.39, 0.29) is 5.41 Å². The van der Waals surface area contributed by atoms with Crippen LogP contribution in [-0.2, 0) is 11.8 Å². The standard InChI is InChI=1S/C23H35NO/c1-17-22-14-19-10-11-20(25)15-21(19)23(17,2)12-13-24(22)16-18-8-6-4-3-5-7-9-18/h10-11,15,17-18,22,25H,3-9,12-14,16H2,1-2H3/t17-,22?,23+/m1/s1. The molecule has 2 aliphatic carbocycles. The molecule has 0 spiro atoms. The van der Waals surface area contributed by atoms with Crippen molar-refractivity contribution in [3.05, 3.63) is 29.3 Å². The van der Waals surface area contributed by atoms with Crippen LogP contribution in [0, 0.1) is 11.8 Å². The maximum Gasteiger partial charge on any atom is 0.115 e. The molecular weight excluding hydrogens is 306 g/mol. The first-order chi connectivity index (χ1) is 12.1. The highest BCUT2D eigenvalue weighted by Crippen LogP contribution is 2.49. The predicted octanol–water partition coefficient (Wildman–Crippen LogP) is 5.28. The van der Waals surface area contributed by atoms with E-state index in [1.54, 1.807) is 0 Å². The van der Waals surface area contributed by atoms with E-state index < -0.39 is 0 Å². The molecule has 4 rings (SSSR count). The van der Waals surface area contributed by atoms with Gasteiger partial charge in [0.2, 0.25) is 0 Å². The summed E-state index contributed by atoms with van der Waals surface area (Å²) >= 11 is 0. The Morgan fingerprint density at radius 2 is 1.84 bits per heavy atom. The lowest BCUT2D eigenvalue weighted by molar-refractivity contribution is 0.0183. The number of phenols is 1. The van der Waals surface area contributed by atoms with Crippen molar-refractivity contribution in [3.8, 4) is 5.75 Å². The largest absolute Gasteiger partial charge is 0.508 e. The summed E-state index contributed by atoms with van der Waals surface area (Å²) in [5.74, 6) is 2.02. The van der Waals surface area contributed by atoms with Gasteiger partial charge in [0, 0.05) is 12.6 Å². The SMILES string of the molecule is C[C@@H]1C2Cc3ccc(O)cc3[C@@]1(C)CCN2CC1CCCCCCC1. The summed E-state index contributed by atoms with van der Waals surface area (Å²) in [6.45, 7) is 7.45. The molecule has 0 radical (unpaired) electrons. The van der Waals surface area contributed by atoms with Crippen LogP contribution in [0.1, 0.15) is 76.3 Å². The van der Waals surface area contributed by atoms with E-state index >= 15 is 0 Å². The second-order valence-corrected chi connectivity index (χ2v) is 9.28. The molecule has 1 aliphatic heterocycles. The normalized spacial score (nSPS) is 34.2. The molecule has 2 heteroatoms. The zero-order valence-electron chi connectivity index (χ0n) is 16.1. The molecular formula is C23H35NO. The maximum atomic E-state index is 9.99. The van der Waals surface area contributed by atoms with E-state index in [9.17, 15) is 5.11 Å². The van der Waals surface area contributed by atoms with Crippen molar-refractivity contribution in [2.24, 2.45) is 11.8 Å². The Morgan fingerprint density at radius 1 is 1.12 bits per heavy atom. The predicted molar refractivity (Wildman–Crippen MR) is 104 cm³/mol. The van der Waals surface area contributed by atoms with E-state index in [4.69, 9.17) is 0 Å². The van der Waals surface area contributed by atoms with Crippen LogP contribution in [0.5, 0.6) is 5.75 Å². The zero-order valence-corrected chi connectivity index (χ0v) is 16.1. The summed E-state index contributed by atoms with van der Waals surface area (Å²) in [5.41, 5.74) is 3.13. The molecule has 25 heavy (non-hydrogen) atoms. The smallest absolute Gasteiger partial charge is 0.115 e. The molecule has 1 heterocycles. The minimum Gasteiger partial charge on any atom is -0.508 e. The number of likely N-dealkylation sites (tertiary alicyclic amines) is 1. The van der Waals surface area contributed by atoms with Crippen molar-refractivity contribution in [2.75, 3.05) is 13.1 Å². The number of aromatic hydroxyl groups is 1. The summed E-state index contributed by atoms with van der Waals surface area (Å²) in [6.07, 6.45) is 12.5. The third-order valence-electron chi connectivity index (χ3n) is 7.82. The number of hydrogen-bond donors (Lipinski definition) is 1. The molecule has 1 N–H and O–H groups in total. The fourth-order valence-electron chi connectivity index (χ4n) is 5.98. The number of rotatable bonds is 2. The van der Waals surface area contributed by atoms with Crippen LogP contribution in [0.15, 0.2) is 18.2 Å². The molecule has 2 fully saturated rings. The number of benzene rings is 1. The highest BCUT2D eigenvalue weighted by Gasteiger charge is 2.48. The van der Waals surface area contributed by atoms with Crippen LogP contribution in [0.4, 0.5) is 0 Å². The van der Waals surface area contributed by atoms with Gasteiger partial charge < -0.3 is 5.11 Å². The second kappa shape index (κ2) is 6.95. The highest BCUT2D eigenvalue weighted by molar-refractivity contribution is 5.44. The second-order valence-electron chi connectivity index (χ2n) is 9.28. The van der Waals surface area contributed by atoms with Gasteiger partial charge in [0.05, 0.1) is 0 Å². The molecule has 3 aliphatic rings. The first-order valence-corrected chi connectivity index (χ1v) is 10.6. The fraction of sp³-hybridized carbons (Fsp3) is 0.739. The fourth-order valence-corrected chi connectivity index (χ4v) is 5.98. The topological polar surface area (TPSA) is 23.5 Å². The summed E-state index contributed by atoms with van der Waals surface area (Å²) in [4.78, 5) is 2.84. The van der Waals surface area contributed by atoms with Crippen molar-refractivity contribution in [3.63, 3.8) is 0 Å². The average Bonchev–Trinajstić information content (AvgIpc) is 2.56. The van der Waals surface area contributed by atoms with Crippen molar-refractivity contribution in [2.45, 2.75) is 83.1 Å². The van der Waals surface area contributed by atoms with Crippen molar-refractivity contribution in [1.29, 1.82) is 0 Å². The third-order valence-corrected chi connectivity index (χ3v) is 7.82. The Balaban J connectivity index is 1.53. The minimum atomic E-state index is 0.231. The Labute approximate surface area is 153 Å². The van der Waals surface area contributed by atoms with E-state index in [2.05, 4.69) is 24.8 Å². The Hall–Kier alpha value is -1.02. The molecule has 1 aromatic rings. The Bertz CT molecular complexity index is 604. The quantitative estimate of drug-likeness (QED) is 0.791. The van der Waals surface area contributed by atoms with Gasteiger partial charge in [-0.1, -0.05) is 52.0 Å². The van der Waals surface area contributed by atoms with Gasteiger partial charge in [-0.25, -0.2) is 0 Å². The van der Waals surface area contributed by atoms with Gasteiger partial charge in [-0.15, -0.1) is 0 Å².